The van der Waals surface area contributed by atoms with Gasteiger partial charge in [-0.25, -0.2) is 0 Å². The molecule has 0 aliphatic rings. The Morgan fingerprint density at radius 3 is 1.27 bits per heavy atom. The van der Waals surface area contributed by atoms with Crippen LogP contribution in [0.5, 0.6) is 0 Å². The quantitative estimate of drug-likeness (QED) is 0.732. The second kappa shape index (κ2) is 8.63. The number of aliphatic hydroxyl groups excluding tert-OH is 2. The normalized spacial score (nSPS) is 13.8. The highest BCUT2D eigenvalue weighted by molar-refractivity contribution is 7.99. The lowest BCUT2D eigenvalue weighted by Crippen LogP contribution is -1.93. The van der Waals surface area contributed by atoms with E-state index in [0.717, 1.165) is 11.5 Å². The average Bonchev–Trinajstić information content (AvgIpc) is 2.52. The predicted octanol–water partition coefficient (Wildman–Crippen LogP) is 4.50. The largest absolute Gasteiger partial charge is 0.383 e. The van der Waals surface area contributed by atoms with Gasteiger partial charge in [-0.3, -0.25) is 0 Å². The standard InChI is InChI=1S/C18H22O2S2/c1-13(19)21-11-15-3-7-17(8-4-15)18-9-5-16(6-10-18)12-22-14(2)20/h3-10,13-14,19-20H,11-12H2,1-2H3. The molecule has 2 unspecified atom stereocenters. The summed E-state index contributed by atoms with van der Waals surface area (Å²) < 4.78 is 0. The van der Waals surface area contributed by atoms with Crippen molar-refractivity contribution in [2.24, 2.45) is 0 Å². The Morgan fingerprint density at radius 2 is 1.00 bits per heavy atom. The van der Waals surface area contributed by atoms with E-state index >= 15 is 0 Å². The first-order valence-corrected chi connectivity index (χ1v) is 9.42. The van der Waals surface area contributed by atoms with Crippen molar-refractivity contribution in [1.82, 2.24) is 0 Å². The molecule has 0 radical (unpaired) electrons. The Morgan fingerprint density at radius 1 is 0.682 bits per heavy atom. The first-order chi connectivity index (χ1) is 10.5. The van der Waals surface area contributed by atoms with Crippen molar-refractivity contribution >= 4 is 23.5 Å². The maximum atomic E-state index is 9.30. The smallest absolute Gasteiger partial charge is 0.0967 e. The van der Waals surface area contributed by atoms with Crippen molar-refractivity contribution in [3.63, 3.8) is 0 Å². The summed E-state index contributed by atoms with van der Waals surface area (Å²) in [5.74, 6) is 1.65. The van der Waals surface area contributed by atoms with E-state index in [-0.39, 0.29) is 10.9 Å². The average molecular weight is 335 g/mol. The zero-order valence-corrected chi connectivity index (χ0v) is 14.5. The molecule has 0 aromatic heterocycles. The summed E-state index contributed by atoms with van der Waals surface area (Å²) in [5, 5.41) is 18.6. The van der Waals surface area contributed by atoms with Crippen LogP contribution < -0.4 is 0 Å². The Bertz CT molecular complexity index is 509. The Kier molecular flexibility index (Phi) is 6.83. The molecule has 2 aromatic carbocycles. The Labute approximate surface area is 141 Å². The van der Waals surface area contributed by atoms with Gasteiger partial charge in [-0.1, -0.05) is 48.5 Å². The molecule has 2 atom stereocenters. The van der Waals surface area contributed by atoms with Crippen LogP contribution in [-0.4, -0.2) is 21.1 Å². The topological polar surface area (TPSA) is 40.5 Å². The summed E-state index contributed by atoms with van der Waals surface area (Å²) in [4.78, 5) is 0. The van der Waals surface area contributed by atoms with Gasteiger partial charge in [0.1, 0.15) is 0 Å². The molecule has 0 bridgehead atoms. The first-order valence-electron chi connectivity index (χ1n) is 7.32. The summed E-state index contributed by atoms with van der Waals surface area (Å²) >= 11 is 3.06. The lowest BCUT2D eigenvalue weighted by atomic mass is 10.0. The number of hydrogen-bond acceptors (Lipinski definition) is 4. The van der Waals surface area contributed by atoms with Crippen molar-refractivity contribution in [2.75, 3.05) is 0 Å². The molecule has 2 rings (SSSR count). The fourth-order valence-corrected chi connectivity index (χ4v) is 3.27. The predicted molar refractivity (Wildman–Crippen MR) is 97.8 cm³/mol. The highest BCUT2D eigenvalue weighted by Gasteiger charge is 2.02. The Hall–Kier alpha value is -0.940. The van der Waals surface area contributed by atoms with Crippen LogP contribution in [0.25, 0.3) is 11.1 Å². The van der Waals surface area contributed by atoms with Gasteiger partial charge in [-0.2, -0.15) is 0 Å². The van der Waals surface area contributed by atoms with Crippen LogP contribution in [0.15, 0.2) is 48.5 Å². The zero-order chi connectivity index (χ0) is 15.9. The third kappa shape index (κ3) is 5.69. The van der Waals surface area contributed by atoms with Gasteiger partial charge in [0.2, 0.25) is 0 Å². The lowest BCUT2D eigenvalue weighted by molar-refractivity contribution is 0.283. The minimum atomic E-state index is -0.327. The third-order valence-electron chi connectivity index (χ3n) is 3.22. The fraction of sp³-hybridized carbons (Fsp3) is 0.333. The van der Waals surface area contributed by atoms with Crippen molar-refractivity contribution in [1.29, 1.82) is 0 Å². The van der Waals surface area contributed by atoms with Gasteiger partial charge in [0.05, 0.1) is 10.9 Å². The van der Waals surface area contributed by atoms with Gasteiger partial charge in [0.15, 0.2) is 0 Å². The first kappa shape index (κ1) is 17.4. The van der Waals surface area contributed by atoms with E-state index in [9.17, 15) is 10.2 Å². The molecule has 22 heavy (non-hydrogen) atoms. The molecule has 0 saturated carbocycles. The van der Waals surface area contributed by atoms with Crippen molar-refractivity contribution in [3.8, 4) is 11.1 Å². The van der Waals surface area contributed by atoms with Crippen LogP contribution in [0, 0.1) is 0 Å². The van der Waals surface area contributed by atoms with Gasteiger partial charge < -0.3 is 10.2 Å². The van der Waals surface area contributed by atoms with Crippen LogP contribution in [0.3, 0.4) is 0 Å². The van der Waals surface area contributed by atoms with Crippen molar-refractivity contribution < 1.29 is 10.2 Å². The molecule has 0 aliphatic carbocycles. The number of rotatable bonds is 7. The van der Waals surface area contributed by atoms with Crippen LogP contribution in [0.2, 0.25) is 0 Å². The van der Waals surface area contributed by atoms with Gasteiger partial charge in [-0.05, 0) is 36.1 Å². The lowest BCUT2D eigenvalue weighted by Gasteiger charge is -2.08. The number of aliphatic hydroxyl groups is 2. The molecule has 2 N–H and O–H groups in total. The van der Waals surface area contributed by atoms with E-state index in [4.69, 9.17) is 0 Å². The minimum absolute atomic E-state index is 0.327. The second-order valence-corrected chi connectivity index (χ2v) is 7.82. The van der Waals surface area contributed by atoms with Gasteiger partial charge >= 0.3 is 0 Å². The molecule has 0 heterocycles. The molecule has 2 nitrogen and oxygen atoms in total. The van der Waals surface area contributed by atoms with Crippen LogP contribution >= 0.6 is 23.5 Å². The van der Waals surface area contributed by atoms with E-state index in [0.29, 0.717) is 0 Å². The summed E-state index contributed by atoms with van der Waals surface area (Å²) in [6.45, 7) is 3.58. The highest BCUT2D eigenvalue weighted by Crippen LogP contribution is 2.24. The maximum absolute atomic E-state index is 9.30. The molecule has 0 saturated heterocycles. The summed E-state index contributed by atoms with van der Waals surface area (Å²) in [6.07, 6.45) is 0. The summed E-state index contributed by atoms with van der Waals surface area (Å²) in [7, 11) is 0. The van der Waals surface area contributed by atoms with E-state index in [1.54, 1.807) is 13.8 Å². The van der Waals surface area contributed by atoms with Crippen LogP contribution in [0.1, 0.15) is 25.0 Å². The number of benzene rings is 2. The van der Waals surface area contributed by atoms with Gasteiger partial charge in [0, 0.05) is 11.5 Å². The molecule has 0 fully saturated rings. The van der Waals surface area contributed by atoms with Crippen molar-refractivity contribution in [2.45, 2.75) is 36.2 Å². The molecule has 118 valence electrons. The van der Waals surface area contributed by atoms with E-state index < -0.39 is 0 Å². The molecule has 4 heteroatoms. The van der Waals surface area contributed by atoms with Crippen LogP contribution in [-0.2, 0) is 11.5 Å². The molecule has 0 amide bonds. The minimum Gasteiger partial charge on any atom is -0.383 e. The van der Waals surface area contributed by atoms with Gasteiger partial charge in [0.25, 0.3) is 0 Å². The van der Waals surface area contributed by atoms with E-state index in [1.165, 1.54) is 45.8 Å². The number of hydrogen-bond donors (Lipinski definition) is 2. The van der Waals surface area contributed by atoms with E-state index in [1.807, 2.05) is 0 Å². The number of thioether (sulfide) groups is 2. The SMILES string of the molecule is CC(O)SCc1ccc(-c2ccc(CSC(C)O)cc2)cc1. The van der Waals surface area contributed by atoms with Gasteiger partial charge in [-0.15, -0.1) is 23.5 Å². The zero-order valence-electron chi connectivity index (χ0n) is 12.9. The monoisotopic (exact) mass is 334 g/mol. The molecular weight excluding hydrogens is 312 g/mol. The van der Waals surface area contributed by atoms with Crippen LogP contribution in [0.4, 0.5) is 0 Å². The van der Waals surface area contributed by atoms with E-state index in [2.05, 4.69) is 48.5 Å². The highest BCUT2D eigenvalue weighted by atomic mass is 32.2. The molecule has 0 aliphatic heterocycles. The summed E-state index contributed by atoms with van der Waals surface area (Å²) in [5.41, 5.74) is 4.18. The fourth-order valence-electron chi connectivity index (χ4n) is 2.02. The van der Waals surface area contributed by atoms with Crippen molar-refractivity contribution in [3.05, 3.63) is 59.7 Å². The summed E-state index contributed by atoms with van der Waals surface area (Å²) in [6, 6.07) is 16.9. The maximum Gasteiger partial charge on any atom is 0.0967 e. The Balaban J connectivity index is 1.99. The second-order valence-electron chi connectivity index (χ2n) is 5.21. The molecule has 0 spiro atoms. The third-order valence-corrected chi connectivity index (χ3v) is 5.19. The molecular formula is C18H22O2S2. The molecule has 2 aromatic rings.